The number of fused-ring (bicyclic) bond motifs is 1. The molecule has 0 unspecified atom stereocenters. The summed E-state index contributed by atoms with van der Waals surface area (Å²) in [6.07, 6.45) is 4.72. The van der Waals surface area contributed by atoms with E-state index >= 15 is 0 Å². The maximum Gasteiger partial charge on any atom is 0.250 e. The van der Waals surface area contributed by atoms with E-state index in [1.807, 2.05) is 42.5 Å². The second kappa shape index (κ2) is 8.43. The number of benzene rings is 2. The van der Waals surface area contributed by atoms with Crippen LogP contribution < -0.4 is 10.9 Å². The number of amides is 1. The Balaban J connectivity index is 1.48. The van der Waals surface area contributed by atoms with Crippen LogP contribution in [0, 0.1) is 0 Å². The fourth-order valence-corrected chi connectivity index (χ4v) is 3.90. The van der Waals surface area contributed by atoms with Gasteiger partial charge in [-0.3, -0.25) is 9.59 Å². The lowest BCUT2D eigenvalue weighted by Gasteiger charge is -2.10. The zero-order valence-corrected chi connectivity index (χ0v) is 16.8. The number of halogens is 1. The van der Waals surface area contributed by atoms with E-state index in [1.165, 1.54) is 28.0 Å². The number of para-hydroxylation sites is 1. The maximum absolute atomic E-state index is 12.3. The summed E-state index contributed by atoms with van der Waals surface area (Å²) >= 11 is 7.70. The highest BCUT2D eigenvalue weighted by Crippen LogP contribution is 2.22. The number of hydrogen-bond donors (Lipinski definition) is 1. The van der Waals surface area contributed by atoms with Crippen LogP contribution in [0.2, 0.25) is 5.02 Å². The number of hydrogen-bond acceptors (Lipinski definition) is 4. The van der Waals surface area contributed by atoms with Crippen molar-refractivity contribution in [3.05, 3.63) is 98.9 Å². The van der Waals surface area contributed by atoms with Crippen molar-refractivity contribution in [3.63, 3.8) is 0 Å². The number of nitrogens with one attached hydrogen (secondary N) is 1. The first-order chi connectivity index (χ1) is 14.1. The van der Waals surface area contributed by atoms with Crippen molar-refractivity contribution in [2.75, 3.05) is 5.32 Å². The minimum absolute atomic E-state index is 0.173. The summed E-state index contributed by atoms with van der Waals surface area (Å²) in [6, 6.07) is 18.2. The fraction of sp³-hybridized carbons (Fsp3) is 0.0455. The lowest BCUT2D eigenvalue weighted by Crippen LogP contribution is -2.20. The highest BCUT2D eigenvalue weighted by atomic mass is 35.5. The molecule has 4 rings (SSSR count). The zero-order chi connectivity index (χ0) is 20.2. The van der Waals surface area contributed by atoms with E-state index in [4.69, 9.17) is 11.6 Å². The molecule has 0 saturated heterocycles. The van der Waals surface area contributed by atoms with Crippen molar-refractivity contribution in [2.24, 2.45) is 0 Å². The van der Waals surface area contributed by atoms with E-state index in [1.54, 1.807) is 24.4 Å². The Hall–Kier alpha value is -3.22. The van der Waals surface area contributed by atoms with Crippen LogP contribution in [0.1, 0.15) is 10.6 Å². The van der Waals surface area contributed by atoms with Crippen molar-refractivity contribution in [2.45, 2.75) is 6.54 Å². The third kappa shape index (κ3) is 4.62. The third-order valence-electron chi connectivity index (χ3n) is 4.24. The highest BCUT2D eigenvalue weighted by molar-refractivity contribution is 7.19. The van der Waals surface area contributed by atoms with Gasteiger partial charge in [0.25, 0.3) is 5.56 Å². The first kappa shape index (κ1) is 19.1. The largest absolute Gasteiger partial charge is 0.321 e. The van der Waals surface area contributed by atoms with Gasteiger partial charge in [0.05, 0.1) is 22.4 Å². The minimum atomic E-state index is -0.299. The van der Waals surface area contributed by atoms with Gasteiger partial charge in [0, 0.05) is 23.4 Å². The molecule has 0 aliphatic carbocycles. The molecule has 0 bridgehead atoms. The highest BCUT2D eigenvalue weighted by Gasteiger charge is 2.06. The molecule has 144 valence electrons. The van der Waals surface area contributed by atoms with Gasteiger partial charge < -0.3 is 9.88 Å². The molecule has 0 aliphatic rings. The lowest BCUT2D eigenvalue weighted by molar-refractivity contribution is -0.111. The number of nitrogens with zero attached hydrogens (tertiary/aromatic N) is 2. The SMILES string of the molecule is O=C(/C=C/c1nc2ccccc2s1)Nc1ccc(=O)n(Cc2ccccc2Cl)c1. The molecule has 0 spiro atoms. The van der Waals surface area contributed by atoms with Gasteiger partial charge in [-0.15, -0.1) is 11.3 Å². The molecule has 7 heteroatoms. The number of carbonyl (C=O) groups excluding carboxylic acids is 1. The minimum Gasteiger partial charge on any atom is -0.321 e. The van der Waals surface area contributed by atoms with Gasteiger partial charge >= 0.3 is 0 Å². The van der Waals surface area contributed by atoms with E-state index in [2.05, 4.69) is 10.3 Å². The normalized spacial score (nSPS) is 11.2. The van der Waals surface area contributed by atoms with Crippen LogP contribution in [0.15, 0.2) is 77.7 Å². The average Bonchev–Trinajstić information content (AvgIpc) is 3.14. The van der Waals surface area contributed by atoms with Gasteiger partial charge in [-0.05, 0) is 35.9 Å². The fourth-order valence-electron chi connectivity index (χ4n) is 2.83. The Bertz CT molecular complexity index is 1240. The monoisotopic (exact) mass is 421 g/mol. The van der Waals surface area contributed by atoms with Crippen LogP contribution in [0.5, 0.6) is 0 Å². The first-order valence-electron chi connectivity index (χ1n) is 8.87. The predicted octanol–water partition coefficient (Wildman–Crippen LogP) is 4.81. The summed E-state index contributed by atoms with van der Waals surface area (Å²) in [5, 5.41) is 4.12. The summed E-state index contributed by atoms with van der Waals surface area (Å²) in [5.41, 5.74) is 2.09. The second-order valence-corrected chi connectivity index (χ2v) is 7.79. The van der Waals surface area contributed by atoms with Crippen LogP contribution in [0.3, 0.4) is 0 Å². The standard InChI is InChI=1S/C22H16ClN3O2S/c23-17-6-2-1-5-15(17)13-26-14-16(9-12-22(26)28)24-20(27)10-11-21-25-18-7-3-4-8-19(18)29-21/h1-12,14H,13H2,(H,24,27)/b11-10+. The molecule has 0 fully saturated rings. The van der Waals surface area contributed by atoms with Crippen molar-refractivity contribution < 1.29 is 4.79 Å². The van der Waals surface area contributed by atoms with E-state index in [0.29, 0.717) is 17.3 Å². The van der Waals surface area contributed by atoms with Crippen molar-refractivity contribution in [3.8, 4) is 0 Å². The van der Waals surface area contributed by atoms with E-state index in [9.17, 15) is 9.59 Å². The molecule has 0 saturated carbocycles. The van der Waals surface area contributed by atoms with E-state index in [-0.39, 0.29) is 11.5 Å². The molecule has 2 aromatic heterocycles. The summed E-state index contributed by atoms with van der Waals surface area (Å²) in [4.78, 5) is 28.9. The molecular formula is C22H16ClN3O2S. The summed E-state index contributed by atoms with van der Waals surface area (Å²) in [7, 11) is 0. The Morgan fingerprint density at radius 2 is 1.90 bits per heavy atom. The van der Waals surface area contributed by atoms with E-state index in [0.717, 1.165) is 20.8 Å². The molecule has 1 amide bonds. The molecule has 29 heavy (non-hydrogen) atoms. The topological polar surface area (TPSA) is 64.0 Å². The van der Waals surface area contributed by atoms with Crippen LogP contribution in [-0.4, -0.2) is 15.5 Å². The number of carbonyl (C=O) groups is 1. The molecule has 2 heterocycles. The Kier molecular flexibility index (Phi) is 5.55. The molecule has 1 N–H and O–H groups in total. The Morgan fingerprint density at radius 3 is 2.72 bits per heavy atom. The van der Waals surface area contributed by atoms with Crippen LogP contribution in [0.25, 0.3) is 16.3 Å². The number of thiazole rings is 1. The first-order valence-corrected chi connectivity index (χ1v) is 10.1. The summed E-state index contributed by atoms with van der Waals surface area (Å²) in [5.74, 6) is -0.299. The van der Waals surface area contributed by atoms with E-state index < -0.39 is 0 Å². The van der Waals surface area contributed by atoms with Gasteiger partial charge in [0.1, 0.15) is 5.01 Å². The van der Waals surface area contributed by atoms with Crippen molar-refractivity contribution >= 4 is 50.8 Å². The Morgan fingerprint density at radius 1 is 1.10 bits per heavy atom. The maximum atomic E-state index is 12.3. The van der Waals surface area contributed by atoms with Crippen LogP contribution >= 0.6 is 22.9 Å². The van der Waals surface area contributed by atoms with Gasteiger partial charge in [-0.25, -0.2) is 4.98 Å². The number of pyridine rings is 1. The summed E-state index contributed by atoms with van der Waals surface area (Å²) in [6.45, 7) is 0.323. The Labute approximate surface area is 175 Å². The van der Waals surface area contributed by atoms with Crippen molar-refractivity contribution in [1.29, 1.82) is 0 Å². The summed E-state index contributed by atoms with van der Waals surface area (Å²) < 4.78 is 2.58. The van der Waals surface area contributed by atoms with Crippen LogP contribution in [-0.2, 0) is 11.3 Å². The zero-order valence-electron chi connectivity index (χ0n) is 15.2. The number of rotatable bonds is 5. The number of aromatic nitrogens is 2. The molecule has 2 aromatic carbocycles. The quantitative estimate of drug-likeness (QED) is 0.470. The van der Waals surface area contributed by atoms with Gasteiger partial charge in [-0.1, -0.05) is 41.9 Å². The van der Waals surface area contributed by atoms with Gasteiger partial charge in [0.2, 0.25) is 5.91 Å². The molecule has 4 aromatic rings. The molecule has 0 radical (unpaired) electrons. The smallest absolute Gasteiger partial charge is 0.250 e. The number of anilines is 1. The van der Waals surface area contributed by atoms with Crippen molar-refractivity contribution in [1.82, 2.24) is 9.55 Å². The lowest BCUT2D eigenvalue weighted by atomic mass is 10.2. The average molecular weight is 422 g/mol. The second-order valence-electron chi connectivity index (χ2n) is 6.32. The molecular weight excluding hydrogens is 406 g/mol. The molecule has 5 nitrogen and oxygen atoms in total. The molecule has 0 atom stereocenters. The van der Waals surface area contributed by atoms with Gasteiger partial charge in [0.15, 0.2) is 0 Å². The molecule has 0 aliphatic heterocycles. The van der Waals surface area contributed by atoms with Gasteiger partial charge in [-0.2, -0.15) is 0 Å². The predicted molar refractivity (Wildman–Crippen MR) is 119 cm³/mol. The third-order valence-corrected chi connectivity index (χ3v) is 5.61. The van der Waals surface area contributed by atoms with Crippen LogP contribution in [0.4, 0.5) is 5.69 Å².